The minimum Gasteiger partial charge on any atom is -0.261 e. The highest BCUT2D eigenvalue weighted by Crippen LogP contribution is 2.38. The fraction of sp³-hybridized carbons (Fsp3) is 0.727. The maximum atomic E-state index is 4.72. The van der Waals surface area contributed by atoms with Crippen LogP contribution in [-0.4, -0.2) is 5.71 Å². The van der Waals surface area contributed by atoms with Gasteiger partial charge in [-0.05, 0) is 24.8 Å². The van der Waals surface area contributed by atoms with E-state index in [-0.39, 0.29) is 5.41 Å². The maximum Gasteiger partial charge on any atom is 0.0399 e. The van der Waals surface area contributed by atoms with Gasteiger partial charge in [-0.15, -0.1) is 0 Å². The Morgan fingerprint density at radius 1 is 1.17 bits per heavy atom. The first kappa shape index (κ1) is 8.03. The molecule has 0 fully saturated rings. The number of allylic oxidation sites excluding steroid dienone is 2. The summed E-state index contributed by atoms with van der Waals surface area (Å²) in [4.78, 5) is 4.72. The molecule has 2 rings (SSSR count). The van der Waals surface area contributed by atoms with Crippen LogP contribution in [0.15, 0.2) is 16.3 Å². The normalized spacial score (nSPS) is 23.1. The van der Waals surface area contributed by atoms with Crippen molar-refractivity contribution in [2.24, 2.45) is 10.4 Å². The minimum absolute atomic E-state index is 0.282. The van der Waals surface area contributed by atoms with Gasteiger partial charge in [0.25, 0.3) is 0 Å². The number of hydrogen-bond donors (Lipinski definition) is 0. The molecule has 1 nitrogen and oxygen atoms in total. The molecule has 0 aromatic heterocycles. The lowest BCUT2D eigenvalue weighted by molar-refractivity contribution is 0.582. The molecule has 1 heteroatoms. The molecule has 0 N–H and O–H groups in total. The lowest BCUT2D eigenvalue weighted by Gasteiger charge is -2.19. The summed E-state index contributed by atoms with van der Waals surface area (Å²) in [5.41, 5.74) is 4.72. The van der Waals surface area contributed by atoms with E-state index >= 15 is 0 Å². The Labute approximate surface area is 74.6 Å². The molecule has 0 spiro atoms. The molecule has 0 amide bonds. The summed E-state index contributed by atoms with van der Waals surface area (Å²) in [5.74, 6) is 0. The highest BCUT2D eigenvalue weighted by molar-refractivity contribution is 5.94. The van der Waals surface area contributed by atoms with E-state index in [4.69, 9.17) is 4.99 Å². The molecule has 0 aromatic carbocycles. The molecule has 1 aliphatic heterocycles. The third-order valence-corrected chi connectivity index (χ3v) is 2.82. The SMILES string of the molecule is CC(C)(C)C1=NC2=C(CCC2)C1. The molecule has 1 aliphatic carbocycles. The van der Waals surface area contributed by atoms with Crippen LogP contribution in [0.4, 0.5) is 0 Å². The monoisotopic (exact) mass is 163 g/mol. The van der Waals surface area contributed by atoms with Gasteiger partial charge in [-0.1, -0.05) is 20.8 Å². The largest absolute Gasteiger partial charge is 0.261 e. The Bertz CT molecular complexity index is 263. The molecule has 0 bridgehead atoms. The average Bonchev–Trinajstić information content (AvgIpc) is 2.37. The summed E-state index contributed by atoms with van der Waals surface area (Å²) in [5, 5.41) is 0. The second-order valence-electron chi connectivity index (χ2n) is 4.89. The fourth-order valence-electron chi connectivity index (χ4n) is 1.95. The minimum atomic E-state index is 0.282. The number of rotatable bonds is 0. The Morgan fingerprint density at radius 3 is 2.50 bits per heavy atom. The summed E-state index contributed by atoms with van der Waals surface area (Å²) in [7, 11) is 0. The van der Waals surface area contributed by atoms with Gasteiger partial charge in [-0.2, -0.15) is 0 Å². The number of hydrogen-bond acceptors (Lipinski definition) is 1. The zero-order valence-corrected chi connectivity index (χ0v) is 8.28. The Hall–Kier alpha value is -0.590. The van der Waals surface area contributed by atoms with Gasteiger partial charge in [-0.25, -0.2) is 0 Å². The molecule has 0 radical (unpaired) electrons. The van der Waals surface area contributed by atoms with Crippen LogP contribution >= 0.6 is 0 Å². The summed E-state index contributed by atoms with van der Waals surface area (Å²) in [6, 6.07) is 0. The van der Waals surface area contributed by atoms with Crippen LogP contribution in [0.3, 0.4) is 0 Å². The third kappa shape index (κ3) is 1.21. The quantitative estimate of drug-likeness (QED) is 0.519. The Morgan fingerprint density at radius 2 is 1.92 bits per heavy atom. The van der Waals surface area contributed by atoms with Crippen molar-refractivity contribution < 1.29 is 0 Å². The van der Waals surface area contributed by atoms with Gasteiger partial charge in [0, 0.05) is 23.2 Å². The molecule has 1 heterocycles. The van der Waals surface area contributed by atoms with E-state index in [1.54, 1.807) is 5.57 Å². The van der Waals surface area contributed by atoms with Crippen LogP contribution in [0.2, 0.25) is 0 Å². The van der Waals surface area contributed by atoms with Crippen LogP contribution in [0.1, 0.15) is 46.5 Å². The van der Waals surface area contributed by atoms with E-state index < -0.39 is 0 Å². The smallest absolute Gasteiger partial charge is 0.0399 e. The molecule has 0 saturated carbocycles. The first-order valence-corrected chi connectivity index (χ1v) is 4.86. The van der Waals surface area contributed by atoms with Gasteiger partial charge in [0.05, 0.1) is 0 Å². The molecule has 66 valence electrons. The van der Waals surface area contributed by atoms with Crippen molar-refractivity contribution in [1.29, 1.82) is 0 Å². The van der Waals surface area contributed by atoms with Gasteiger partial charge in [0.15, 0.2) is 0 Å². The van der Waals surface area contributed by atoms with Crippen LogP contribution < -0.4 is 0 Å². The number of aliphatic imine (C=N–C) groups is 1. The Kier molecular flexibility index (Phi) is 1.64. The molecule has 2 aliphatic rings. The fourth-order valence-corrected chi connectivity index (χ4v) is 1.95. The zero-order valence-electron chi connectivity index (χ0n) is 8.28. The van der Waals surface area contributed by atoms with Crippen molar-refractivity contribution in [3.05, 3.63) is 11.3 Å². The molecular formula is C11H17N. The summed E-state index contributed by atoms with van der Waals surface area (Å²) >= 11 is 0. The van der Waals surface area contributed by atoms with Crippen molar-refractivity contribution in [3.63, 3.8) is 0 Å². The van der Waals surface area contributed by atoms with Crippen molar-refractivity contribution in [1.82, 2.24) is 0 Å². The highest BCUT2D eigenvalue weighted by atomic mass is 14.8. The maximum absolute atomic E-state index is 4.72. The lowest BCUT2D eigenvalue weighted by atomic mass is 9.87. The topological polar surface area (TPSA) is 12.4 Å². The molecule has 0 atom stereocenters. The van der Waals surface area contributed by atoms with E-state index in [9.17, 15) is 0 Å². The summed E-state index contributed by atoms with van der Waals surface area (Å²) in [6.45, 7) is 6.77. The second-order valence-corrected chi connectivity index (χ2v) is 4.89. The van der Waals surface area contributed by atoms with Gasteiger partial charge in [-0.3, -0.25) is 4.99 Å². The molecule has 0 aromatic rings. The highest BCUT2D eigenvalue weighted by Gasteiger charge is 2.28. The van der Waals surface area contributed by atoms with Crippen LogP contribution in [0, 0.1) is 5.41 Å². The van der Waals surface area contributed by atoms with Gasteiger partial charge < -0.3 is 0 Å². The number of nitrogens with zero attached hydrogens (tertiary/aromatic N) is 1. The van der Waals surface area contributed by atoms with Gasteiger partial charge >= 0.3 is 0 Å². The van der Waals surface area contributed by atoms with Crippen molar-refractivity contribution in [2.45, 2.75) is 46.5 Å². The van der Waals surface area contributed by atoms with Crippen molar-refractivity contribution >= 4 is 5.71 Å². The van der Waals surface area contributed by atoms with Crippen molar-refractivity contribution in [2.75, 3.05) is 0 Å². The molecule has 12 heavy (non-hydrogen) atoms. The van der Waals surface area contributed by atoms with E-state index in [0.29, 0.717) is 0 Å². The van der Waals surface area contributed by atoms with Crippen LogP contribution in [0.25, 0.3) is 0 Å². The summed E-state index contributed by atoms with van der Waals surface area (Å²) in [6.07, 6.45) is 5.04. The van der Waals surface area contributed by atoms with Gasteiger partial charge in [0.2, 0.25) is 0 Å². The van der Waals surface area contributed by atoms with E-state index in [1.807, 2.05) is 0 Å². The van der Waals surface area contributed by atoms with Gasteiger partial charge in [0.1, 0.15) is 0 Å². The van der Waals surface area contributed by atoms with E-state index in [1.165, 1.54) is 37.1 Å². The first-order valence-electron chi connectivity index (χ1n) is 4.86. The first-order chi connectivity index (χ1) is 5.57. The predicted octanol–water partition coefficient (Wildman–Crippen LogP) is 3.32. The van der Waals surface area contributed by atoms with E-state index in [2.05, 4.69) is 20.8 Å². The van der Waals surface area contributed by atoms with E-state index in [0.717, 1.165) is 0 Å². The summed E-state index contributed by atoms with van der Waals surface area (Å²) < 4.78 is 0. The molecule has 0 saturated heterocycles. The third-order valence-electron chi connectivity index (χ3n) is 2.82. The van der Waals surface area contributed by atoms with Crippen molar-refractivity contribution in [3.8, 4) is 0 Å². The predicted molar refractivity (Wildman–Crippen MR) is 52.4 cm³/mol. The van der Waals surface area contributed by atoms with Crippen LogP contribution in [0.5, 0.6) is 0 Å². The standard InChI is InChI=1S/C11H17N/c1-11(2,3)10-7-8-5-4-6-9(8)12-10/h4-7H2,1-3H3. The second kappa shape index (κ2) is 2.45. The lowest BCUT2D eigenvalue weighted by Crippen LogP contribution is -2.18. The average molecular weight is 163 g/mol. The molecular weight excluding hydrogens is 146 g/mol. The zero-order chi connectivity index (χ0) is 8.77. The Balaban J connectivity index is 2.18. The molecule has 0 unspecified atom stereocenters. The van der Waals surface area contributed by atoms with Crippen LogP contribution in [-0.2, 0) is 0 Å².